The minimum atomic E-state index is -1.11. The number of anilines is 1. The van der Waals surface area contributed by atoms with Crippen LogP contribution in [0.3, 0.4) is 0 Å². The molecule has 2 heterocycles. The summed E-state index contributed by atoms with van der Waals surface area (Å²) >= 11 is 1.69. The van der Waals surface area contributed by atoms with E-state index in [1.165, 1.54) is 10.6 Å². The molecule has 1 aromatic heterocycles. The van der Waals surface area contributed by atoms with Gasteiger partial charge in [-0.25, -0.2) is 4.79 Å². The van der Waals surface area contributed by atoms with Crippen LogP contribution in [-0.2, 0) is 4.74 Å². The van der Waals surface area contributed by atoms with Crippen LogP contribution in [-0.4, -0.2) is 41.2 Å². The van der Waals surface area contributed by atoms with Crippen molar-refractivity contribution in [3.8, 4) is 0 Å². The van der Waals surface area contributed by atoms with Crippen molar-refractivity contribution >= 4 is 25.7 Å². The van der Waals surface area contributed by atoms with Crippen molar-refractivity contribution in [2.24, 2.45) is 0 Å². The summed E-state index contributed by atoms with van der Waals surface area (Å²) in [7, 11) is -1.11. The van der Waals surface area contributed by atoms with E-state index in [1.807, 2.05) is 6.08 Å². The van der Waals surface area contributed by atoms with E-state index in [-0.39, 0.29) is 18.5 Å². The fourth-order valence-electron chi connectivity index (χ4n) is 2.03. The highest BCUT2D eigenvalue weighted by molar-refractivity contribution is 8.03. The number of thioether (sulfide) groups is 1. The normalized spacial score (nSPS) is 21.9. The Labute approximate surface area is 135 Å². The third-order valence-corrected chi connectivity index (χ3v) is 6.49. The Morgan fingerprint density at radius 2 is 2.23 bits per heavy atom. The summed E-state index contributed by atoms with van der Waals surface area (Å²) < 4.78 is 7.16. The Bertz CT molecular complexity index is 612. The van der Waals surface area contributed by atoms with Crippen LogP contribution in [0.25, 0.3) is 0 Å². The molecule has 0 fully saturated rings. The van der Waals surface area contributed by atoms with Gasteiger partial charge < -0.3 is 15.6 Å². The van der Waals surface area contributed by atoms with Gasteiger partial charge in [0.25, 0.3) is 0 Å². The van der Waals surface area contributed by atoms with Gasteiger partial charge in [0.15, 0.2) is 6.23 Å². The summed E-state index contributed by atoms with van der Waals surface area (Å²) in [5.74, 6) is 1.17. The number of hydrogen-bond acceptors (Lipinski definition) is 6. The molecule has 122 valence electrons. The first-order chi connectivity index (χ1) is 10.3. The summed E-state index contributed by atoms with van der Waals surface area (Å²) in [4.78, 5) is 16.7. The topological polar surface area (TPSA) is 90.4 Å². The molecule has 1 aliphatic heterocycles. The molecule has 3 N–H and O–H groups in total. The van der Waals surface area contributed by atoms with Crippen LogP contribution in [0.1, 0.15) is 6.23 Å². The number of nitrogen functional groups attached to an aromatic ring is 1. The second-order valence-corrected chi connectivity index (χ2v) is 13.3. The highest BCUT2D eigenvalue weighted by atomic mass is 32.2. The van der Waals surface area contributed by atoms with Crippen LogP contribution >= 0.6 is 11.8 Å². The van der Waals surface area contributed by atoms with E-state index >= 15 is 0 Å². The smallest absolute Gasteiger partial charge is 0.351 e. The van der Waals surface area contributed by atoms with Gasteiger partial charge in [-0.3, -0.25) is 4.57 Å². The van der Waals surface area contributed by atoms with E-state index in [0.29, 0.717) is 0 Å². The van der Waals surface area contributed by atoms with Crippen molar-refractivity contribution in [2.75, 3.05) is 18.1 Å². The lowest BCUT2D eigenvalue weighted by Gasteiger charge is -2.19. The van der Waals surface area contributed by atoms with Crippen LogP contribution in [0, 0.1) is 0 Å². The molecule has 22 heavy (non-hydrogen) atoms. The molecule has 1 aromatic rings. The SMILES string of the molecule is C[Si](C)(C)CCSC1=CC(CO)OC1n1ccc(N)nc1=O. The van der Waals surface area contributed by atoms with Gasteiger partial charge in [0, 0.05) is 19.2 Å². The largest absolute Gasteiger partial charge is 0.393 e. The van der Waals surface area contributed by atoms with Gasteiger partial charge in [-0.05, 0) is 23.9 Å². The molecule has 0 amide bonds. The lowest BCUT2D eigenvalue weighted by molar-refractivity contribution is -0.0115. The van der Waals surface area contributed by atoms with E-state index < -0.39 is 20.0 Å². The monoisotopic (exact) mass is 341 g/mol. The first-order valence-corrected chi connectivity index (χ1v) is 11.9. The highest BCUT2D eigenvalue weighted by Crippen LogP contribution is 2.36. The van der Waals surface area contributed by atoms with Gasteiger partial charge >= 0.3 is 5.69 Å². The molecule has 0 saturated heterocycles. The zero-order chi connectivity index (χ0) is 16.3. The molecular formula is C14H23N3O3SSi. The average molecular weight is 342 g/mol. The van der Waals surface area contributed by atoms with Gasteiger partial charge in [-0.15, -0.1) is 11.8 Å². The van der Waals surface area contributed by atoms with Gasteiger partial charge in [-0.1, -0.05) is 19.6 Å². The van der Waals surface area contributed by atoms with E-state index in [0.717, 1.165) is 10.7 Å². The van der Waals surface area contributed by atoms with Crippen LogP contribution in [0.15, 0.2) is 28.0 Å². The lowest BCUT2D eigenvalue weighted by atomic mass is 10.4. The van der Waals surface area contributed by atoms with Crippen molar-refractivity contribution in [3.05, 3.63) is 33.7 Å². The first kappa shape index (κ1) is 17.3. The molecule has 0 aliphatic carbocycles. The minimum absolute atomic E-state index is 0.105. The Hall–Kier alpha value is -1.09. The maximum Gasteiger partial charge on any atom is 0.351 e. The quantitative estimate of drug-likeness (QED) is 0.765. The second-order valence-electron chi connectivity index (χ2n) is 6.48. The molecule has 2 unspecified atom stereocenters. The van der Waals surface area contributed by atoms with E-state index in [4.69, 9.17) is 10.5 Å². The van der Waals surface area contributed by atoms with Crippen molar-refractivity contribution < 1.29 is 9.84 Å². The standard InChI is InChI=1S/C14H23N3O3SSi/c1-22(2,3)7-6-21-11-8-10(9-18)20-13(11)17-5-4-12(15)16-14(17)19/h4-5,8,10,13,18H,6-7,9H2,1-3H3,(H2,15,16,19). The molecule has 1 aliphatic rings. The maximum absolute atomic E-state index is 12.0. The molecule has 0 saturated carbocycles. The highest BCUT2D eigenvalue weighted by Gasteiger charge is 2.29. The Morgan fingerprint density at radius 1 is 1.50 bits per heavy atom. The average Bonchev–Trinajstić information content (AvgIpc) is 2.80. The molecule has 2 atom stereocenters. The number of nitrogens with two attached hydrogens (primary N) is 1. The fourth-order valence-corrected chi connectivity index (χ4v) is 5.69. The zero-order valence-corrected chi connectivity index (χ0v) is 15.0. The van der Waals surface area contributed by atoms with E-state index in [1.54, 1.807) is 24.0 Å². The van der Waals surface area contributed by atoms with Crippen LogP contribution in [0.5, 0.6) is 0 Å². The van der Waals surface area contributed by atoms with Gasteiger partial charge in [0.2, 0.25) is 0 Å². The fraction of sp³-hybridized carbons (Fsp3) is 0.571. The number of hydrogen-bond donors (Lipinski definition) is 2. The number of rotatable bonds is 6. The molecule has 8 heteroatoms. The van der Waals surface area contributed by atoms with Crippen molar-refractivity contribution in [1.29, 1.82) is 0 Å². The van der Waals surface area contributed by atoms with Crippen LogP contribution in [0.4, 0.5) is 5.82 Å². The van der Waals surface area contributed by atoms with E-state index in [9.17, 15) is 9.90 Å². The summed E-state index contributed by atoms with van der Waals surface area (Å²) in [5, 5.41) is 9.32. The summed E-state index contributed by atoms with van der Waals surface area (Å²) in [6.45, 7) is 6.88. The van der Waals surface area contributed by atoms with Gasteiger partial charge in [0.05, 0.1) is 6.61 Å². The third kappa shape index (κ3) is 4.45. The Balaban J connectivity index is 2.15. The predicted molar refractivity (Wildman–Crippen MR) is 92.6 cm³/mol. The third-order valence-electron chi connectivity index (χ3n) is 3.30. The Kier molecular flexibility index (Phi) is 5.49. The molecule has 0 bridgehead atoms. The van der Waals surface area contributed by atoms with Crippen molar-refractivity contribution in [3.63, 3.8) is 0 Å². The zero-order valence-electron chi connectivity index (χ0n) is 13.2. The summed E-state index contributed by atoms with van der Waals surface area (Å²) in [6.07, 6.45) is 2.57. The van der Waals surface area contributed by atoms with E-state index in [2.05, 4.69) is 24.6 Å². The molecule has 6 nitrogen and oxygen atoms in total. The van der Waals surface area contributed by atoms with Gasteiger partial charge in [-0.2, -0.15) is 4.98 Å². The lowest BCUT2D eigenvalue weighted by Crippen LogP contribution is -2.29. The summed E-state index contributed by atoms with van der Waals surface area (Å²) in [5.41, 5.74) is 5.08. The number of aliphatic hydroxyl groups excluding tert-OH is 1. The number of nitrogens with zero attached hydrogens (tertiary/aromatic N) is 2. The minimum Gasteiger partial charge on any atom is -0.393 e. The second kappa shape index (κ2) is 6.99. The predicted octanol–water partition coefficient (Wildman–Crippen LogP) is 1.67. The van der Waals surface area contributed by atoms with Crippen molar-refractivity contribution in [1.82, 2.24) is 9.55 Å². The maximum atomic E-state index is 12.0. The van der Waals surface area contributed by atoms with Crippen molar-refractivity contribution in [2.45, 2.75) is 38.0 Å². The number of ether oxygens (including phenoxy) is 1. The number of aromatic nitrogens is 2. The van der Waals surface area contributed by atoms with Gasteiger partial charge in [0.1, 0.15) is 11.9 Å². The first-order valence-electron chi connectivity index (χ1n) is 7.25. The van der Waals surface area contributed by atoms with Crippen LogP contribution < -0.4 is 11.4 Å². The molecule has 0 radical (unpaired) electrons. The van der Waals surface area contributed by atoms with Crippen LogP contribution in [0.2, 0.25) is 25.7 Å². The molecular weight excluding hydrogens is 318 g/mol. The summed E-state index contributed by atoms with van der Waals surface area (Å²) in [6, 6.07) is 2.75. The molecule has 0 aromatic carbocycles. The molecule has 2 rings (SSSR count). The number of aliphatic hydroxyl groups is 1. The Morgan fingerprint density at radius 3 is 2.82 bits per heavy atom. The molecule has 0 spiro atoms.